The van der Waals surface area contributed by atoms with Gasteiger partial charge in [0.05, 0.1) is 7.11 Å². The van der Waals surface area contributed by atoms with E-state index in [-0.39, 0.29) is 0 Å². The number of methoxy groups -OCH3 is 1. The number of aryl methyl sites for hydroxylation is 1. The van der Waals surface area contributed by atoms with Crippen molar-refractivity contribution in [1.29, 1.82) is 0 Å². The first kappa shape index (κ1) is 13.9. The van der Waals surface area contributed by atoms with Crippen LogP contribution in [0.25, 0.3) is 0 Å². The zero-order valence-corrected chi connectivity index (χ0v) is 12.9. The summed E-state index contributed by atoms with van der Waals surface area (Å²) >= 11 is 0. The second kappa shape index (κ2) is 6.17. The highest BCUT2D eigenvalue weighted by atomic mass is 16.5. The zero-order valence-electron chi connectivity index (χ0n) is 12.9. The maximum absolute atomic E-state index is 5.58. The molecule has 2 heteroatoms. The lowest BCUT2D eigenvalue weighted by molar-refractivity contribution is 0.171. The SMILES string of the molecule is CCCN(CC1CC1)C1CCc2cccc(OC)c2C1. The summed E-state index contributed by atoms with van der Waals surface area (Å²) < 4.78 is 5.58. The predicted octanol–water partition coefficient (Wildman–Crippen LogP) is 3.67. The lowest BCUT2D eigenvalue weighted by atomic mass is 9.86. The van der Waals surface area contributed by atoms with E-state index in [4.69, 9.17) is 4.74 Å². The summed E-state index contributed by atoms with van der Waals surface area (Å²) in [6.07, 6.45) is 7.86. The topological polar surface area (TPSA) is 12.5 Å². The van der Waals surface area contributed by atoms with E-state index in [0.717, 1.165) is 17.7 Å². The third-order valence-electron chi connectivity index (χ3n) is 4.85. The van der Waals surface area contributed by atoms with Gasteiger partial charge in [-0.05, 0) is 68.2 Å². The van der Waals surface area contributed by atoms with Crippen molar-refractivity contribution in [2.75, 3.05) is 20.2 Å². The van der Waals surface area contributed by atoms with Gasteiger partial charge < -0.3 is 4.74 Å². The van der Waals surface area contributed by atoms with Gasteiger partial charge in [-0.25, -0.2) is 0 Å². The Hall–Kier alpha value is -1.02. The quantitative estimate of drug-likeness (QED) is 0.784. The predicted molar refractivity (Wildman–Crippen MR) is 83.4 cm³/mol. The van der Waals surface area contributed by atoms with E-state index >= 15 is 0 Å². The fourth-order valence-corrected chi connectivity index (χ4v) is 3.58. The number of nitrogens with zero attached hydrogens (tertiary/aromatic N) is 1. The Bertz CT molecular complexity index is 438. The Kier molecular flexibility index (Phi) is 4.30. The van der Waals surface area contributed by atoms with Crippen molar-refractivity contribution in [2.24, 2.45) is 5.92 Å². The van der Waals surface area contributed by atoms with Gasteiger partial charge in [0, 0.05) is 12.6 Å². The minimum atomic E-state index is 0.722. The molecule has 0 heterocycles. The lowest BCUT2D eigenvalue weighted by Crippen LogP contribution is -2.41. The summed E-state index contributed by atoms with van der Waals surface area (Å²) in [5.41, 5.74) is 2.96. The van der Waals surface area contributed by atoms with Gasteiger partial charge in [-0.3, -0.25) is 4.90 Å². The van der Waals surface area contributed by atoms with Gasteiger partial charge in [0.25, 0.3) is 0 Å². The van der Waals surface area contributed by atoms with Crippen molar-refractivity contribution < 1.29 is 4.74 Å². The van der Waals surface area contributed by atoms with E-state index in [9.17, 15) is 0 Å². The van der Waals surface area contributed by atoms with Crippen molar-refractivity contribution in [3.05, 3.63) is 29.3 Å². The first-order chi connectivity index (χ1) is 9.81. The lowest BCUT2D eigenvalue weighted by Gasteiger charge is -2.35. The van der Waals surface area contributed by atoms with Crippen molar-refractivity contribution in [3.63, 3.8) is 0 Å². The standard InChI is InChI=1S/C18H27NO/c1-3-11-19(13-14-7-8-14)16-10-9-15-5-4-6-18(20-2)17(15)12-16/h4-6,14,16H,3,7-13H2,1-2H3. The molecule has 1 aromatic carbocycles. The molecule has 0 amide bonds. The maximum Gasteiger partial charge on any atom is 0.122 e. The molecule has 0 saturated heterocycles. The second-order valence-electron chi connectivity index (χ2n) is 6.43. The van der Waals surface area contributed by atoms with Crippen LogP contribution in [0.5, 0.6) is 5.75 Å². The van der Waals surface area contributed by atoms with E-state index in [2.05, 4.69) is 30.0 Å². The van der Waals surface area contributed by atoms with Gasteiger partial charge in [-0.1, -0.05) is 19.1 Å². The summed E-state index contributed by atoms with van der Waals surface area (Å²) in [6.45, 7) is 4.88. The van der Waals surface area contributed by atoms with Gasteiger partial charge in [-0.15, -0.1) is 0 Å². The minimum Gasteiger partial charge on any atom is -0.496 e. The summed E-state index contributed by atoms with van der Waals surface area (Å²) in [4.78, 5) is 2.76. The summed E-state index contributed by atoms with van der Waals surface area (Å²) in [5, 5.41) is 0. The van der Waals surface area contributed by atoms with Crippen LogP contribution in [-0.2, 0) is 12.8 Å². The largest absolute Gasteiger partial charge is 0.496 e. The van der Waals surface area contributed by atoms with Crippen molar-refractivity contribution in [3.8, 4) is 5.75 Å². The molecule has 1 atom stereocenters. The monoisotopic (exact) mass is 273 g/mol. The smallest absolute Gasteiger partial charge is 0.122 e. The van der Waals surface area contributed by atoms with E-state index in [0.29, 0.717) is 0 Å². The Labute approximate surface area is 123 Å². The molecule has 2 aliphatic carbocycles. The molecule has 20 heavy (non-hydrogen) atoms. The van der Waals surface area contributed by atoms with Crippen LogP contribution in [0.3, 0.4) is 0 Å². The Balaban J connectivity index is 1.75. The van der Waals surface area contributed by atoms with Crippen LogP contribution >= 0.6 is 0 Å². The van der Waals surface area contributed by atoms with E-state index in [1.807, 2.05) is 0 Å². The molecular formula is C18H27NO. The highest BCUT2D eigenvalue weighted by Gasteiger charge is 2.30. The number of fused-ring (bicyclic) bond motifs is 1. The molecule has 0 bridgehead atoms. The van der Waals surface area contributed by atoms with Crippen LogP contribution in [-0.4, -0.2) is 31.1 Å². The van der Waals surface area contributed by atoms with Crippen LogP contribution in [0.2, 0.25) is 0 Å². The Morgan fingerprint density at radius 2 is 2.10 bits per heavy atom. The van der Waals surface area contributed by atoms with E-state index in [1.165, 1.54) is 62.7 Å². The fraction of sp³-hybridized carbons (Fsp3) is 0.667. The highest BCUT2D eigenvalue weighted by molar-refractivity contribution is 5.42. The molecule has 1 aromatic rings. The van der Waals surface area contributed by atoms with Gasteiger partial charge in [0.2, 0.25) is 0 Å². The van der Waals surface area contributed by atoms with Crippen molar-refractivity contribution in [2.45, 2.75) is 51.5 Å². The molecule has 1 unspecified atom stereocenters. The average molecular weight is 273 g/mol. The molecule has 3 rings (SSSR count). The van der Waals surface area contributed by atoms with Crippen molar-refractivity contribution in [1.82, 2.24) is 4.90 Å². The Morgan fingerprint density at radius 3 is 2.80 bits per heavy atom. The first-order valence-corrected chi connectivity index (χ1v) is 8.20. The molecule has 1 fully saturated rings. The summed E-state index contributed by atoms with van der Waals surface area (Å²) in [5.74, 6) is 2.08. The fourth-order valence-electron chi connectivity index (χ4n) is 3.58. The maximum atomic E-state index is 5.58. The van der Waals surface area contributed by atoms with Crippen LogP contribution in [0.4, 0.5) is 0 Å². The summed E-state index contributed by atoms with van der Waals surface area (Å²) in [6, 6.07) is 7.25. The molecule has 0 aliphatic heterocycles. The van der Waals surface area contributed by atoms with Crippen LogP contribution in [0.15, 0.2) is 18.2 Å². The number of rotatable bonds is 6. The Morgan fingerprint density at radius 1 is 1.25 bits per heavy atom. The molecular weight excluding hydrogens is 246 g/mol. The third kappa shape index (κ3) is 3.01. The van der Waals surface area contributed by atoms with E-state index < -0.39 is 0 Å². The molecule has 0 aromatic heterocycles. The van der Waals surface area contributed by atoms with Gasteiger partial charge >= 0.3 is 0 Å². The minimum absolute atomic E-state index is 0.722. The molecule has 2 nitrogen and oxygen atoms in total. The van der Waals surface area contributed by atoms with Gasteiger partial charge in [-0.2, -0.15) is 0 Å². The average Bonchev–Trinajstić information content (AvgIpc) is 3.29. The van der Waals surface area contributed by atoms with Gasteiger partial charge in [0.1, 0.15) is 5.75 Å². The molecule has 110 valence electrons. The zero-order chi connectivity index (χ0) is 13.9. The number of hydrogen-bond acceptors (Lipinski definition) is 2. The third-order valence-corrected chi connectivity index (χ3v) is 4.85. The normalized spacial score (nSPS) is 21.9. The number of hydrogen-bond donors (Lipinski definition) is 0. The molecule has 1 saturated carbocycles. The van der Waals surface area contributed by atoms with Crippen LogP contribution in [0.1, 0.15) is 43.7 Å². The molecule has 2 aliphatic rings. The van der Waals surface area contributed by atoms with Crippen LogP contribution < -0.4 is 4.74 Å². The summed E-state index contributed by atoms with van der Waals surface area (Å²) in [7, 11) is 1.80. The highest BCUT2D eigenvalue weighted by Crippen LogP contribution is 2.34. The van der Waals surface area contributed by atoms with Crippen LogP contribution in [0, 0.1) is 5.92 Å². The first-order valence-electron chi connectivity index (χ1n) is 8.20. The van der Waals surface area contributed by atoms with Gasteiger partial charge in [0.15, 0.2) is 0 Å². The number of benzene rings is 1. The van der Waals surface area contributed by atoms with E-state index in [1.54, 1.807) is 7.11 Å². The number of ether oxygens (including phenoxy) is 1. The molecule has 0 N–H and O–H groups in total. The second-order valence-corrected chi connectivity index (χ2v) is 6.43. The molecule has 0 radical (unpaired) electrons. The molecule has 0 spiro atoms. The van der Waals surface area contributed by atoms with Crippen molar-refractivity contribution >= 4 is 0 Å².